The summed E-state index contributed by atoms with van der Waals surface area (Å²) < 4.78 is 10.2. The van der Waals surface area contributed by atoms with Crippen LogP contribution in [0, 0.1) is 5.92 Å². The number of amides is 2. The molecule has 1 atom stereocenters. The standard InChI is InChI=1S/C20H28N2O5S/c1-4-27-20(25)15-9-11-22(12-10-15)19(24)18(21-14(2)23)13-28-17-7-5-16(26-3)6-8-17/h5-8,15,18H,4,9-13H2,1-3H3,(H,21,23). The van der Waals surface area contributed by atoms with Crippen LogP contribution in [0.15, 0.2) is 29.2 Å². The summed E-state index contributed by atoms with van der Waals surface area (Å²) in [7, 11) is 1.61. The molecule has 0 aromatic heterocycles. The highest BCUT2D eigenvalue weighted by molar-refractivity contribution is 7.99. The number of carbonyl (C=O) groups is 3. The number of nitrogens with zero attached hydrogens (tertiary/aromatic N) is 1. The van der Waals surface area contributed by atoms with Crippen LogP contribution in [0.4, 0.5) is 0 Å². The Morgan fingerprint density at radius 2 is 1.86 bits per heavy atom. The molecule has 1 N–H and O–H groups in total. The third kappa shape index (κ3) is 6.44. The Morgan fingerprint density at radius 3 is 2.39 bits per heavy atom. The molecule has 28 heavy (non-hydrogen) atoms. The maximum absolute atomic E-state index is 12.9. The lowest BCUT2D eigenvalue weighted by Crippen LogP contribution is -2.52. The highest BCUT2D eigenvalue weighted by atomic mass is 32.2. The van der Waals surface area contributed by atoms with Crippen LogP contribution in [0.1, 0.15) is 26.7 Å². The quantitative estimate of drug-likeness (QED) is 0.524. The minimum atomic E-state index is -0.608. The fraction of sp³-hybridized carbons (Fsp3) is 0.550. The first-order valence-electron chi connectivity index (χ1n) is 9.44. The molecule has 7 nitrogen and oxygen atoms in total. The molecule has 2 rings (SSSR count). The first kappa shape index (κ1) is 22.1. The van der Waals surface area contributed by atoms with E-state index in [1.165, 1.54) is 18.7 Å². The van der Waals surface area contributed by atoms with Gasteiger partial charge in [-0.3, -0.25) is 14.4 Å². The highest BCUT2D eigenvalue weighted by Gasteiger charge is 2.31. The van der Waals surface area contributed by atoms with Gasteiger partial charge in [-0.15, -0.1) is 11.8 Å². The number of methoxy groups -OCH3 is 1. The Morgan fingerprint density at radius 1 is 1.21 bits per heavy atom. The highest BCUT2D eigenvalue weighted by Crippen LogP contribution is 2.24. The molecule has 1 aliphatic rings. The number of nitrogens with one attached hydrogen (secondary N) is 1. The maximum Gasteiger partial charge on any atom is 0.309 e. The van der Waals surface area contributed by atoms with E-state index in [1.54, 1.807) is 18.9 Å². The number of carbonyl (C=O) groups excluding carboxylic acids is 3. The Balaban J connectivity index is 1.93. The lowest BCUT2D eigenvalue weighted by atomic mass is 9.96. The molecular weight excluding hydrogens is 380 g/mol. The van der Waals surface area contributed by atoms with Crippen molar-refractivity contribution in [3.63, 3.8) is 0 Å². The normalized spacial score (nSPS) is 15.6. The second-order valence-corrected chi connectivity index (χ2v) is 7.68. The average Bonchev–Trinajstić information content (AvgIpc) is 2.71. The van der Waals surface area contributed by atoms with Crippen LogP contribution in [-0.2, 0) is 19.1 Å². The van der Waals surface area contributed by atoms with Gasteiger partial charge in [-0.05, 0) is 44.0 Å². The Kier molecular flexibility index (Phi) is 8.63. The van der Waals surface area contributed by atoms with E-state index in [9.17, 15) is 14.4 Å². The van der Waals surface area contributed by atoms with E-state index in [-0.39, 0.29) is 23.7 Å². The molecule has 1 unspecified atom stereocenters. The van der Waals surface area contributed by atoms with Crippen molar-refractivity contribution >= 4 is 29.5 Å². The Bertz CT molecular complexity index is 672. The van der Waals surface area contributed by atoms with Crippen molar-refractivity contribution in [1.82, 2.24) is 10.2 Å². The number of hydrogen-bond donors (Lipinski definition) is 1. The van der Waals surface area contributed by atoms with Crippen molar-refractivity contribution < 1.29 is 23.9 Å². The molecule has 2 amide bonds. The van der Waals surface area contributed by atoms with Crippen LogP contribution in [0.3, 0.4) is 0 Å². The van der Waals surface area contributed by atoms with Gasteiger partial charge in [0.05, 0.1) is 19.6 Å². The van der Waals surface area contributed by atoms with Crippen molar-refractivity contribution in [3.05, 3.63) is 24.3 Å². The van der Waals surface area contributed by atoms with Crippen LogP contribution in [0.2, 0.25) is 0 Å². The van der Waals surface area contributed by atoms with Crippen LogP contribution in [-0.4, -0.2) is 61.3 Å². The number of esters is 1. The summed E-state index contributed by atoms with van der Waals surface area (Å²) in [5, 5.41) is 2.76. The van der Waals surface area contributed by atoms with Gasteiger partial charge in [-0.2, -0.15) is 0 Å². The van der Waals surface area contributed by atoms with Crippen LogP contribution < -0.4 is 10.1 Å². The largest absolute Gasteiger partial charge is 0.497 e. The summed E-state index contributed by atoms with van der Waals surface area (Å²) in [5.74, 6) is 0.500. The zero-order valence-electron chi connectivity index (χ0n) is 16.6. The molecule has 1 heterocycles. The summed E-state index contributed by atoms with van der Waals surface area (Å²) in [6.45, 7) is 4.54. The molecule has 0 spiro atoms. The van der Waals surface area contributed by atoms with Crippen LogP contribution in [0.5, 0.6) is 5.75 Å². The Labute approximate surface area is 170 Å². The maximum atomic E-state index is 12.9. The van der Waals surface area contributed by atoms with Gasteiger partial charge in [-0.1, -0.05) is 0 Å². The molecule has 0 bridgehead atoms. The fourth-order valence-corrected chi connectivity index (χ4v) is 4.00. The van der Waals surface area contributed by atoms with Gasteiger partial charge in [0, 0.05) is 30.7 Å². The minimum Gasteiger partial charge on any atom is -0.497 e. The van der Waals surface area contributed by atoms with Crippen molar-refractivity contribution in [2.75, 3.05) is 32.6 Å². The molecule has 0 radical (unpaired) electrons. The molecule has 0 aliphatic carbocycles. The van der Waals surface area contributed by atoms with Crippen molar-refractivity contribution in [3.8, 4) is 5.75 Å². The molecule has 154 valence electrons. The fourth-order valence-electron chi connectivity index (χ4n) is 3.09. The van der Waals surface area contributed by atoms with Crippen molar-refractivity contribution in [1.29, 1.82) is 0 Å². The molecule has 8 heteroatoms. The van der Waals surface area contributed by atoms with Gasteiger partial charge in [-0.25, -0.2) is 0 Å². The van der Waals surface area contributed by atoms with Crippen molar-refractivity contribution in [2.45, 2.75) is 37.6 Å². The molecule has 1 fully saturated rings. The monoisotopic (exact) mass is 408 g/mol. The molecule has 1 saturated heterocycles. The van der Waals surface area contributed by atoms with E-state index in [0.717, 1.165) is 10.6 Å². The number of rotatable bonds is 8. The van der Waals surface area contributed by atoms with E-state index >= 15 is 0 Å². The summed E-state index contributed by atoms with van der Waals surface area (Å²) in [6, 6.07) is 6.95. The second kappa shape index (κ2) is 10.9. The average molecular weight is 409 g/mol. The third-order valence-corrected chi connectivity index (χ3v) is 5.68. The Hall–Kier alpha value is -2.22. The van der Waals surface area contributed by atoms with E-state index in [4.69, 9.17) is 9.47 Å². The second-order valence-electron chi connectivity index (χ2n) is 6.59. The first-order chi connectivity index (χ1) is 13.4. The number of ether oxygens (including phenoxy) is 2. The molecule has 0 saturated carbocycles. The van der Waals surface area contributed by atoms with Gasteiger partial charge in [0.25, 0.3) is 0 Å². The number of piperidine rings is 1. The summed E-state index contributed by atoms with van der Waals surface area (Å²) in [4.78, 5) is 39.1. The van der Waals surface area contributed by atoms with E-state index in [0.29, 0.717) is 38.3 Å². The third-order valence-electron chi connectivity index (χ3n) is 4.58. The summed E-state index contributed by atoms with van der Waals surface area (Å²) >= 11 is 1.50. The first-order valence-corrected chi connectivity index (χ1v) is 10.4. The number of hydrogen-bond acceptors (Lipinski definition) is 6. The predicted octanol–water partition coefficient (Wildman–Crippen LogP) is 2.09. The number of benzene rings is 1. The van der Waals surface area contributed by atoms with Gasteiger partial charge < -0.3 is 19.7 Å². The van der Waals surface area contributed by atoms with Crippen LogP contribution >= 0.6 is 11.8 Å². The molecular formula is C20H28N2O5S. The minimum absolute atomic E-state index is 0.112. The molecule has 1 aromatic carbocycles. The van der Waals surface area contributed by atoms with E-state index in [1.807, 2.05) is 24.3 Å². The molecule has 1 aliphatic heterocycles. The van der Waals surface area contributed by atoms with E-state index in [2.05, 4.69) is 5.32 Å². The predicted molar refractivity (Wildman–Crippen MR) is 107 cm³/mol. The summed E-state index contributed by atoms with van der Waals surface area (Å²) in [6.07, 6.45) is 1.17. The smallest absolute Gasteiger partial charge is 0.309 e. The van der Waals surface area contributed by atoms with Crippen molar-refractivity contribution in [2.24, 2.45) is 5.92 Å². The SMILES string of the molecule is CCOC(=O)C1CCN(C(=O)C(CSc2ccc(OC)cc2)NC(C)=O)CC1. The zero-order valence-corrected chi connectivity index (χ0v) is 17.4. The van der Waals surface area contributed by atoms with Gasteiger partial charge in [0.1, 0.15) is 11.8 Å². The van der Waals surface area contributed by atoms with Gasteiger partial charge >= 0.3 is 5.97 Å². The van der Waals surface area contributed by atoms with E-state index < -0.39 is 6.04 Å². The zero-order chi connectivity index (χ0) is 20.5. The molecule has 1 aromatic rings. The van der Waals surface area contributed by atoms with Crippen LogP contribution in [0.25, 0.3) is 0 Å². The summed E-state index contributed by atoms with van der Waals surface area (Å²) in [5.41, 5.74) is 0. The topological polar surface area (TPSA) is 84.9 Å². The van der Waals surface area contributed by atoms with Gasteiger partial charge in [0.2, 0.25) is 11.8 Å². The lowest BCUT2D eigenvalue weighted by Gasteiger charge is -2.33. The van der Waals surface area contributed by atoms with Gasteiger partial charge in [0.15, 0.2) is 0 Å². The number of thioether (sulfide) groups is 1. The number of likely N-dealkylation sites (tertiary alicyclic amines) is 1. The lowest BCUT2D eigenvalue weighted by molar-refractivity contribution is -0.151.